The number of para-hydroxylation sites is 2. The number of ether oxygens (including phenoxy) is 1. The molecule has 0 spiro atoms. The van der Waals surface area contributed by atoms with Crippen molar-refractivity contribution in [3.63, 3.8) is 0 Å². The maximum absolute atomic E-state index is 12.4. The molecule has 4 aromatic rings. The third-order valence-corrected chi connectivity index (χ3v) is 4.68. The Bertz CT molecular complexity index is 1190. The van der Waals surface area contributed by atoms with Gasteiger partial charge < -0.3 is 20.0 Å². The van der Waals surface area contributed by atoms with Gasteiger partial charge in [-0.2, -0.15) is 0 Å². The first kappa shape index (κ1) is 16.9. The molecule has 0 saturated carbocycles. The van der Waals surface area contributed by atoms with Crippen molar-refractivity contribution in [1.29, 1.82) is 0 Å². The maximum Gasteiger partial charge on any atom is 0.345 e. The number of nitrogens with one attached hydrogen (secondary N) is 3. The van der Waals surface area contributed by atoms with Crippen LogP contribution in [-0.4, -0.2) is 29.6 Å². The first-order valence-corrected chi connectivity index (χ1v) is 8.71. The molecule has 0 bridgehead atoms. The molecule has 27 heavy (non-hydrogen) atoms. The van der Waals surface area contributed by atoms with E-state index in [0.29, 0.717) is 17.7 Å². The molecule has 0 saturated heterocycles. The van der Waals surface area contributed by atoms with Crippen LogP contribution in [-0.2, 0) is 11.2 Å². The Morgan fingerprint density at radius 2 is 1.74 bits per heavy atom. The van der Waals surface area contributed by atoms with Gasteiger partial charge in [0.2, 0.25) is 0 Å². The molecule has 6 heteroatoms. The van der Waals surface area contributed by atoms with Crippen LogP contribution in [0.25, 0.3) is 21.8 Å². The fraction of sp³-hybridized carbons (Fsp3) is 0.143. The van der Waals surface area contributed by atoms with Crippen LogP contribution in [0, 0.1) is 0 Å². The lowest BCUT2D eigenvalue weighted by atomic mass is 10.1. The third kappa shape index (κ3) is 3.06. The van der Waals surface area contributed by atoms with Gasteiger partial charge in [-0.1, -0.05) is 36.4 Å². The minimum Gasteiger partial charge on any atom is -0.465 e. The van der Waals surface area contributed by atoms with E-state index in [1.54, 1.807) is 0 Å². The van der Waals surface area contributed by atoms with Crippen molar-refractivity contribution in [3.8, 4) is 0 Å². The molecule has 0 unspecified atom stereocenters. The van der Waals surface area contributed by atoms with E-state index in [1.807, 2.05) is 48.7 Å². The SMILES string of the molecule is COC(=O)c1c(NCCc2c[nH]c3ccccc23)c2ccccc2[nH]c1=O. The standard InChI is InChI=1S/C21H19N3O3/c1-27-21(26)18-19(15-7-3-5-9-17(15)24-20(18)25)22-11-10-13-12-23-16-8-4-2-6-14(13)16/h2-9,12,23H,10-11H2,1H3,(H2,22,24,25). The van der Waals surface area contributed by atoms with E-state index in [-0.39, 0.29) is 5.56 Å². The average molecular weight is 361 g/mol. The zero-order valence-electron chi connectivity index (χ0n) is 14.8. The highest BCUT2D eigenvalue weighted by Crippen LogP contribution is 2.25. The highest BCUT2D eigenvalue weighted by atomic mass is 16.5. The maximum atomic E-state index is 12.4. The summed E-state index contributed by atoms with van der Waals surface area (Å²) in [5, 5.41) is 5.22. The van der Waals surface area contributed by atoms with Crippen LogP contribution in [0.3, 0.4) is 0 Å². The van der Waals surface area contributed by atoms with Crippen molar-refractivity contribution in [2.75, 3.05) is 19.0 Å². The summed E-state index contributed by atoms with van der Waals surface area (Å²) in [6.45, 7) is 0.569. The number of methoxy groups -OCH3 is 1. The molecule has 0 amide bonds. The van der Waals surface area contributed by atoms with Gasteiger partial charge in [-0.3, -0.25) is 4.79 Å². The largest absolute Gasteiger partial charge is 0.465 e. The Labute approximate surface area is 155 Å². The zero-order valence-corrected chi connectivity index (χ0v) is 14.8. The van der Waals surface area contributed by atoms with E-state index in [1.165, 1.54) is 18.1 Å². The van der Waals surface area contributed by atoms with Crippen molar-refractivity contribution >= 4 is 33.5 Å². The highest BCUT2D eigenvalue weighted by molar-refractivity contribution is 6.04. The van der Waals surface area contributed by atoms with E-state index >= 15 is 0 Å². The lowest BCUT2D eigenvalue weighted by molar-refractivity contribution is 0.0600. The molecule has 0 aliphatic rings. The van der Waals surface area contributed by atoms with Crippen molar-refractivity contribution < 1.29 is 9.53 Å². The number of carbonyl (C=O) groups is 1. The van der Waals surface area contributed by atoms with E-state index in [9.17, 15) is 9.59 Å². The van der Waals surface area contributed by atoms with Crippen molar-refractivity contribution in [2.24, 2.45) is 0 Å². The average Bonchev–Trinajstić information content (AvgIpc) is 3.10. The number of esters is 1. The molecule has 136 valence electrons. The van der Waals surface area contributed by atoms with Gasteiger partial charge in [0, 0.05) is 29.0 Å². The Morgan fingerprint density at radius 1 is 1.04 bits per heavy atom. The molecular formula is C21H19N3O3. The topological polar surface area (TPSA) is 87.0 Å². The lowest BCUT2D eigenvalue weighted by Gasteiger charge is -2.13. The quantitative estimate of drug-likeness (QED) is 0.475. The van der Waals surface area contributed by atoms with Crippen LogP contribution in [0.1, 0.15) is 15.9 Å². The Morgan fingerprint density at radius 3 is 2.52 bits per heavy atom. The van der Waals surface area contributed by atoms with E-state index < -0.39 is 11.5 Å². The second kappa shape index (κ2) is 6.99. The molecular weight excluding hydrogens is 342 g/mol. The molecule has 2 heterocycles. The van der Waals surface area contributed by atoms with Crippen molar-refractivity contribution in [1.82, 2.24) is 9.97 Å². The Kier molecular flexibility index (Phi) is 4.38. The monoisotopic (exact) mass is 361 g/mol. The summed E-state index contributed by atoms with van der Waals surface area (Å²) in [6.07, 6.45) is 2.73. The summed E-state index contributed by atoms with van der Waals surface area (Å²) < 4.78 is 4.81. The number of aromatic nitrogens is 2. The molecule has 0 radical (unpaired) electrons. The molecule has 2 aromatic heterocycles. The third-order valence-electron chi connectivity index (χ3n) is 4.68. The number of hydrogen-bond acceptors (Lipinski definition) is 4. The summed E-state index contributed by atoms with van der Waals surface area (Å²) in [4.78, 5) is 30.6. The zero-order chi connectivity index (χ0) is 18.8. The summed E-state index contributed by atoms with van der Waals surface area (Å²) in [5.74, 6) is -0.656. The summed E-state index contributed by atoms with van der Waals surface area (Å²) in [7, 11) is 1.27. The molecule has 6 nitrogen and oxygen atoms in total. The number of benzene rings is 2. The van der Waals surface area contributed by atoms with Gasteiger partial charge >= 0.3 is 5.97 Å². The van der Waals surface area contributed by atoms with Gasteiger partial charge in [-0.15, -0.1) is 0 Å². The first-order chi connectivity index (χ1) is 13.2. The Hall–Kier alpha value is -3.54. The summed E-state index contributed by atoms with van der Waals surface area (Å²) in [5.41, 5.74) is 2.97. The molecule has 4 rings (SSSR count). The summed E-state index contributed by atoms with van der Waals surface area (Å²) in [6, 6.07) is 15.5. The van der Waals surface area contributed by atoms with Gasteiger partial charge in [0.1, 0.15) is 5.56 Å². The number of carbonyl (C=O) groups excluding carboxylic acids is 1. The van der Waals surface area contributed by atoms with Gasteiger partial charge in [0.05, 0.1) is 18.3 Å². The van der Waals surface area contributed by atoms with Crippen LogP contribution in [0.2, 0.25) is 0 Å². The molecule has 0 aliphatic carbocycles. The first-order valence-electron chi connectivity index (χ1n) is 8.71. The van der Waals surface area contributed by atoms with Crippen LogP contribution in [0.5, 0.6) is 0 Å². The number of anilines is 1. The summed E-state index contributed by atoms with van der Waals surface area (Å²) >= 11 is 0. The molecule has 3 N–H and O–H groups in total. The van der Waals surface area contributed by atoms with Gasteiger partial charge in [0.15, 0.2) is 0 Å². The van der Waals surface area contributed by atoms with Gasteiger partial charge in [0.25, 0.3) is 5.56 Å². The number of H-pyrrole nitrogens is 2. The number of hydrogen-bond donors (Lipinski definition) is 3. The predicted octanol–water partition coefficient (Wildman–Crippen LogP) is 3.45. The normalized spacial score (nSPS) is 11.0. The second-order valence-corrected chi connectivity index (χ2v) is 6.28. The van der Waals surface area contributed by atoms with Crippen LogP contribution in [0.15, 0.2) is 59.5 Å². The van der Waals surface area contributed by atoms with E-state index in [4.69, 9.17) is 4.74 Å². The van der Waals surface area contributed by atoms with E-state index in [0.717, 1.165) is 17.3 Å². The number of aromatic amines is 2. The van der Waals surface area contributed by atoms with Gasteiger partial charge in [-0.25, -0.2) is 4.79 Å². The Balaban J connectivity index is 1.68. The molecule has 0 fully saturated rings. The van der Waals surface area contributed by atoms with Crippen molar-refractivity contribution in [3.05, 3.63) is 76.2 Å². The highest BCUT2D eigenvalue weighted by Gasteiger charge is 2.19. The van der Waals surface area contributed by atoms with E-state index in [2.05, 4.69) is 21.4 Å². The lowest BCUT2D eigenvalue weighted by Crippen LogP contribution is -2.22. The molecule has 0 aliphatic heterocycles. The van der Waals surface area contributed by atoms with Crippen LogP contribution in [0.4, 0.5) is 5.69 Å². The van der Waals surface area contributed by atoms with Crippen LogP contribution < -0.4 is 10.9 Å². The smallest absolute Gasteiger partial charge is 0.345 e. The number of pyridine rings is 1. The van der Waals surface area contributed by atoms with Crippen LogP contribution >= 0.6 is 0 Å². The van der Waals surface area contributed by atoms with Gasteiger partial charge in [-0.05, 0) is 24.1 Å². The minimum absolute atomic E-state index is 0.00451. The fourth-order valence-electron chi connectivity index (χ4n) is 3.38. The van der Waals surface area contributed by atoms with Crippen molar-refractivity contribution in [2.45, 2.75) is 6.42 Å². The number of rotatable bonds is 5. The predicted molar refractivity (Wildman–Crippen MR) is 106 cm³/mol. The molecule has 0 atom stereocenters. The minimum atomic E-state index is -0.656. The fourth-order valence-corrected chi connectivity index (χ4v) is 3.38. The molecule has 2 aromatic carbocycles. The number of fused-ring (bicyclic) bond motifs is 2. The second-order valence-electron chi connectivity index (χ2n) is 6.28.